The summed E-state index contributed by atoms with van der Waals surface area (Å²) < 4.78 is 38.3. The number of rotatable bonds is 12. The highest BCUT2D eigenvalue weighted by atomic mass is 16.7. The fourth-order valence-corrected chi connectivity index (χ4v) is 4.47. The molecule has 0 bridgehead atoms. The van der Waals surface area contributed by atoms with Gasteiger partial charge in [-0.1, -0.05) is 0 Å². The summed E-state index contributed by atoms with van der Waals surface area (Å²) in [6, 6.07) is 12.9. The first-order chi connectivity index (χ1) is 19.3. The lowest BCUT2D eigenvalue weighted by Crippen LogP contribution is -2.14. The Morgan fingerprint density at radius 1 is 0.825 bits per heavy atom. The second-order valence-electron chi connectivity index (χ2n) is 8.57. The van der Waals surface area contributed by atoms with Crippen LogP contribution in [-0.4, -0.2) is 58.7 Å². The Morgan fingerprint density at radius 3 is 2.02 bits per heavy atom. The molecular weight excluding hydrogens is 520 g/mol. The van der Waals surface area contributed by atoms with Crippen molar-refractivity contribution in [2.24, 2.45) is 0 Å². The Morgan fingerprint density at radius 2 is 1.48 bits per heavy atom. The van der Waals surface area contributed by atoms with Gasteiger partial charge in [-0.15, -0.1) is 0 Å². The van der Waals surface area contributed by atoms with Crippen LogP contribution in [0.1, 0.15) is 28.4 Å². The van der Waals surface area contributed by atoms with Gasteiger partial charge in [0.05, 0.1) is 40.6 Å². The number of carbonyl (C=O) groups excluding carboxylic acids is 1. The van der Waals surface area contributed by atoms with E-state index in [1.807, 2.05) is 6.92 Å². The molecule has 10 heteroatoms. The van der Waals surface area contributed by atoms with Gasteiger partial charge < -0.3 is 38.3 Å². The molecule has 210 valence electrons. The third-order valence-corrected chi connectivity index (χ3v) is 6.27. The zero-order valence-electron chi connectivity index (χ0n) is 22.9. The lowest BCUT2D eigenvalue weighted by molar-refractivity contribution is -0.130. The van der Waals surface area contributed by atoms with Crippen molar-refractivity contribution in [3.05, 3.63) is 70.8 Å². The van der Waals surface area contributed by atoms with Crippen LogP contribution in [0.2, 0.25) is 0 Å². The van der Waals surface area contributed by atoms with E-state index in [0.717, 1.165) is 0 Å². The van der Waals surface area contributed by atoms with E-state index < -0.39 is 11.8 Å². The van der Waals surface area contributed by atoms with Crippen LogP contribution < -0.4 is 33.2 Å². The Balaban J connectivity index is 1.93. The fraction of sp³-hybridized carbons (Fsp3) is 0.267. The van der Waals surface area contributed by atoms with E-state index >= 15 is 0 Å². The van der Waals surface area contributed by atoms with Gasteiger partial charge in [-0.2, -0.15) is 0 Å². The zero-order valence-corrected chi connectivity index (χ0v) is 22.9. The van der Waals surface area contributed by atoms with Gasteiger partial charge in [0.25, 0.3) is 0 Å². The minimum atomic E-state index is -1.30. The molecule has 0 aliphatic carbocycles. The molecule has 40 heavy (non-hydrogen) atoms. The van der Waals surface area contributed by atoms with Crippen LogP contribution >= 0.6 is 0 Å². The van der Waals surface area contributed by atoms with E-state index in [1.165, 1.54) is 40.6 Å². The van der Waals surface area contributed by atoms with Gasteiger partial charge in [-0.25, -0.2) is 4.79 Å². The van der Waals surface area contributed by atoms with Gasteiger partial charge in [-0.3, -0.25) is 4.79 Å². The predicted octanol–water partition coefficient (Wildman–Crippen LogP) is 4.81. The topological polar surface area (TPSA) is 119 Å². The number of Topliss-reactive ketones (excluding diaryl/α,β-unsaturated/α-hetero) is 1. The first-order valence-corrected chi connectivity index (χ1v) is 12.4. The monoisotopic (exact) mass is 550 g/mol. The normalized spacial score (nSPS) is 12.3. The highest BCUT2D eigenvalue weighted by Gasteiger charge is 2.28. The maximum Gasteiger partial charge on any atom is 0.336 e. The second kappa shape index (κ2) is 12.3. The van der Waals surface area contributed by atoms with Gasteiger partial charge in [0, 0.05) is 17.6 Å². The summed E-state index contributed by atoms with van der Waals surface area (Å²) in [6.07, 6.45) is -0.0683. The zero-order chi connectivity index (χ0) is 28.8. The third kappa shape index (κ3) is 5.61. The molecule has 0 atom stereocenters. The molecule has 0 fully saturated rings. The standard InChI is InChI=1S/C30H30O10/c1-6-38-20-9-7-18(8-10-20)27(31)21(11-17-12-22(34-2)28(37-5)23(13-17)35-3)26(30(32)33)19-14-24(36-4)29-25(15-19)39-16-40-29/h7-10,12-15H,6,11,16H2,1-5H3,(H,32,33). The van der Waals surface area contributed by atoms with Crippen molar-refractivity contribution in [1.82, 2.24) is 0 Å². The van der Waals surface area contributed by atoms with Crippen LogP contribution in [0, 0.1) is 0 Å². The molecule has 0 aromatic heterocycles. The smallest absolute Gasteiger partial charge is 0.336 e. The molecule has 3 aromatic carbocycles. The number of hydrogen-bond acceptors (Lipinski definition) is 9. The average Bonchev–Trinajstić information content (AvgIpc) is 3.44. The summed E-state index contributed by atoms with van der Waals surface area (Å²) in [5.41, 5.74) is 0.874. The molecule has 0 amide bonds. The fourth-order valence-electron chi connectivity index (χ4n) is 4.47. The van der Waals surface area contributed by atoms with Gasteiger partial charge in [0.15, 0.2) is 28.8 Å². The summed E-state index contributed by atoms with van der Waals surface area (Å²) in [4.78, 5) is 26.9. The molecule has 1 heterocycles. The lowest BCUT2D eigenvalue weighted by Gasteiger charge is -2.17. The molecule has 0 saturated heterocycles. The summed E-state index contributed by atoms with van der Waals surface area (Å²) >= 11 is 0. The van der Waals surface area contributed by atoms with Crippen LogP contribution in [0.15, 0.2) is 54.1 Å². The molecule has 0 spiro atoms. The Bertz CT molecular complexity index is 1410. The minimum Gasteiger partial charge on any atom is -0.494 e. The first-order valence-electron chi connectivity index (χ1n) is 12.4. The summed E-state index contributed by atoms with van der Waals surface area (Å²) in [7, 11) is 5.87. The predicted molar refractivity (Wildman–Crippen MR) is 145 cm³/mol. The molecule has 1 N–H and O–H groups in total. The minimum absolute atomic E-state index is 0.0202. The van der Waals surface area contributed by atoms with Crippen LogP contribution in [-0.2, 0) is 11.2 Å². The van der Waals surface area contributed by atoms with Crippen molar-refractivity contribution in [3.63, 3.8) is 0 Å². The number of hydrogen-bond donors (Lipinski definition) is 1. The van der Waals surface area contributed by atoms with Crippen LogP contribution in [0.25, 0.3) is 5.57 Å². The Kier molecular flexibility index (Phi) is 8.68. The van der Waals surface area contributed by atoms with E-state index in [4.69, 9.17) is 33.2 Å². The van der Waals surface area contributed by atoms with Gasteiger partial charge in [0.2, 0.25) is 18.3 Å². The van der Waals surface area contributed by atoms with E-state index in [1.54, 1.807) is 36.4 Å². The van der Waals surface area contributed by atoms with Crippen molar-refractivity contribution in [2.45, 2.75) is 13.3 Å². The van der Waals surface area contributed by atoms with Crippen LogP contribution in [0.5, 0.6) is 40.2 Å². The number of carboxylic acids is 1. The number of fused-ring (bicyclic) bond motifs is 1. The number of benzene rings is 3. The van der Waals surface area contributed by atoms with Crippen molar-refractivity contribution in [3.8, 4) is 40.2 Å². The highest BCUT2D eigenvalue weighted by Crippen LogP contribution is 2.44. The van der Waals surface area contributed by atoms with E-state index in [0.29, 0.717) is 46.7 Å². The average molecular weight is 551 g/mol. The van der Waals surface area contributed by atoms with Crippen molar-refractivity contribution in [2.75, 3.05) is 41.8 Å². The molecule has 0 unspecified atom stereocenters. The summed E-state index contributed by atoms with van der Waals surface area (Å²) in [5.74, 6) is 0.869. The van der Waals surface area contributed by atoms with Gasteiger partial charge in [0.1, 0.15) is 5.75 Å². The number of aliphatic carboxylic acids is 1. The molecule has 3 aromatic rings. The van der Waals surface area contributed by atoms with E-state index in [9.17, 15) is 14.7 Å². The van der Waals surface area contributed by atoms with Crippen LogP contribution in [0.3, 0.4) is 0 Å². The quantitative estimate of drug-likeness (QED) is 0.248. The number of allylic oxidation sites excluding steroid dienone is 1. The molecule has 4 rings (SSSR count). The van der Waals surface area contributed by atoms with Crippen LogP contribution in [0.4, 0.5) is 0 Å². The van der Waals surface area contributed by atoms with Gasteiger partial charge in [-0.05, 0) is 66.6 Å². The number of ketones is 1. The maximum atomic E-state index is 14.0. The summed E-state index contributed by atoms with van der Waals surface area (Å²) in [6.45, 7) is 2.29. The molecule has 1 aliphatic heterocycles. The Labute approximate surface area is 231 Å². The van der Waals surface area contributed by atoms with Gasteiger partial charge >= 0.3 is 5.97 Å². The van der Waals surface area contributed by atoms with Crippen molar-refractivity contribution >= 4 is 17.3 Å². The van der Waals surface area contributed by atoms with E-state index in [-0.39, 0.29) is 41.2 Å². The molecule has 10 nitrogen and oxygen atoms in total. The number of ether oxygens (including phenoxy) is 7. The maximum absolute atomic E-state index is 14.0. The first kappa shape index (κ1) is 28.2. The molecule has 0 saturated carbocycles. The van der Waals surface area contributed by atoms with Crippen molar-refractivity contribution in [1.29, 1.82) is 0 Å². The highest BCUT2D eigenvalue weighted by molar-refractivity contribution is 6.26. The third-order valence-electron chi connectivity index (χ3n) is 6.27. The molecular formula is C30H30O10. The largest absolute Gasteiger partial charge is 0.494 e. The lowest BCUT2D eigenvalue weighted by atomic mass is 9.89. The number of methoxy groups -OCH3 is 4. The Hall–Kier alpha value is -4.86. The van der Waals surface area contributed by atoms with E-state index in [2.05, 4.69) is 0 Å². The number of carbonyl (C=O) groups is 2. The second-order valence-corrected chi connectivity index (χ2v) is 8.57. The number of carboxylic acid groups (broad SMARTS) is 1. The SMILES string of the molecule is CCOc1ccc(C(=O)C(Cc2cc(OC)c(OC)c(OC)c2)=C(C(=O)O)c2cc(OC)c3c(c2)OCO3)cc1. The molecule has 0 radical (unpaired) electrons. The van der Waals surface area contributed by atoms with Crippen molar-refractivity contribution < 1.29 is 47.9 Å². The molecule has 1 aliphatic rings. The summed E-state index contributed by atoms with van der Waals surface area (Å²) in [5, 5.41) is 10.5.